The first-order chi connectivity index (χ1) is 6.65. The molecule has 0 saturated carbocycles. The summed E-state index contributed by atoms with van der Waals surface area (Å²) in [7, 11) is 0. The Hall–Kier alpha value is -1.26. The molecule has 1 rings (SSSR count). The van der Waals surface area contributed by atoms with E-state index in [0.29, 0.717) is 12.8 Å². The summed E-state index contributed by atoms with van der Waals surface area (Å²) < 4.78 is 0. The Labute approximate surface area is 85.8 Å². The Balaban J connectivity index is 2.80. The summed E-state index contributed by atoms with van der Waals surface area (Å²) in [5, 5.41) is 9.83. The average Bonchev–Trinajstić information content (AvgIpc) is 2.14. The number of rotatable bonds is 3. The molecule has 14 heavy (non-hydrogen) atoms. The Morgan fingerprint density at radius 3 is 2.71 bits per heavy atom. The smallest absolute Gasteiger partial charge is 0.0801 e. The van der Waals surface area contributed by atoms with Crippen molar-refractivity contribution in [3.63, 3.8) is 0 Å². The van der Waals surface area contributed by atoms with Crippen molar-refractivity contribution >= 4 is 0 Å². The first-order valence-electron chi connectivity index (χ1n) is 4.84. The lowest BCUT2D eigenvalue weighted by atomic mass is 9.98. The van der Waals surface area contributed by atoms with Gasteiger partial charge in [0.1, 0.15) is 0 Å². The van der Waals surface area contributed by atoms with E-state index in [4.69, 9.17) is 6.42 Å². The Kier molecular flexibility index (Phi) is 3.73. The standard InChI is InChI=1S/C13H16O/c1-4-5-6-13(14)12-8-7-10(2)9-11(12)3/h1,7-9,13-14H,5-6H2,2-3H3. The van der Waals surface area contributed by atoms with E-state index in [1.807, 2.05) is 26.0 Å². The van der Waals surface area contributed by atoms with Gasteiger partial charge in [0.15, 0.2) is 0 Å². The molecule has 1 unspecified atom stereocenters. The van der Waals surface area contributed by atoms with E-state index in [1.54, 1.807) is 0 Å². The molecule has 0 radical (unpaired) electrons. The van der Waals surface area contributed by atoms with Crippen molar-refractivity contribution in [1.29, 1.82) is 0 Å². The highest BCUT2D eigenvalue weighted by molar-refractivity contribution is 5.31. The van der Waals surface area contributed by atoms with Crippen molar-refractivity contribution < 1.29 is 5.11 Å². The van der Waals surface area contributed by atoms with Crippen LogP contribution in [0.1, 0.15) is 35.6 Å². The van der Waals surface area contributed by atoms with Gasteiger partial charge in [-0.2, -0.15) is 0 Å². The third kappa shape index (κ3) is 2.61. The molecule has 0 aliphatic heterocycles. The maximum absolute atomic E-state index is 9.83. The lowest BCUT2D eigenvalue weighted by molar-refractivity contribution is 0.169. The zero-order chi connectivity index (χ0) is 10.6. The van der Waals surface area contributed by atoms with Gasteiger partial charge in [0.05, 0.1) is 6.10 Å². The summed E-state index contributed by atoms with van der Waals surface area (Å²) in [6.45, 7) is 4.06. The van der Waals surface area contributed by atoms with Gasteiger partial charge in [-0.1, -0.05) is 23.8 Å². The molecule has 1 atom stereocenters. The van der Waals surface area contributed by atoms with E-state index in [9.17, 15) is 5.11 Å². The summed E-state index contributed by atoms with van der Waals surface area (Å²) in [6.07, 6.45) is 5.99. The molecule has 0 fully saturated rings. The Morgan fingerprint density at radius 1 is 1.43 bits per heavy atom. The van der Waals surface area contributed by atoms with Crippen molar-refractivity contribution in [1.82, 2.24) is 0 Å². The minimum absolute atomic E-state index is 0.424. The molecule has 0 heterocycles. The highest BCUT2D eigenvalue weighted by Crippen LogP contribution is 2.22. The quantitative estimate of drug-likeness (QED) is 0.723. The molecule has 0 aliphatic rings. The number of aliphatic hydroxyl groups is 1. The summed E-state index contributed by atoms with van der Waals surface area (Å²) in [6, 6.07) is 6.07. The van der Waals surface area contributed by atoms with E-state index >= 15 is 0 Å². The van der Waals surface area contributed by atoms with Crippen LogP contribution in [-0.4, -0.2) is 5.11 Å². The molecule has 1 aromatic carbocycles. The summed E-state index contributed by atoms with van der Waals surface area (Å²) in [4.78, 5) is 0. The van der Waals surface area contributed by atoms with Crippen molar-refractivity contribution in [3.8, 4) is 12.3 Å². The van der Waals surface area contributed by atoms with Crippen molar-refractivity contribution in [3.05, 3.63) is 34.9 Å². The predicted molar refractivity (Wildman–Crippen MR) is 58.9 cm³/mol. The molecule has 1 heteroatoms. The van der Waals surface area contributed by atoms with Crippen LogP contribution in [0, 0.1) is 26.2 Å². The Morgan fingerprint density at radius 2 is 2.14 bits per heavy atom. The molecule has 1 nitrogen and oxygen atoms in total. The molecule has 74 valence electrons. The second-order valence-electron chi connectivity index (χ2n) is 3.62. The number of aliphatic hydroxyl groups excluding tert-OH is 1. The molecule has 0 bridgehead atoms. The van der Waals surface area contributed by atoms with Crippen LogP contribution < -0.4 is 0 Å². The van der Waals surface area contributed by atoms with E-state index in [2.05, 4.69) is 12.0 Å². The van der Waals surface area contributed by atoms with Gasteiger partial charge in [0, 0.05) is 6.42 Å². The zero-order valence-electron chi connectivity index (χ0n) is 8.75. The predicted octanol–water partition coefficient (Wildman–Crippen LogP) is 2.75. The van der Waals surface area contributed by atoms with Crippen LogP contribution in [0.4, 0.5) is 0 Å². The maximum atomic E-state index is 9.83. The van der Waals surface area contributed by atoms with Crippen molar-refractivity contribution in [2.45, 2.75) is 32.8 Å². The second kappa shape index (κ2) is 4.83. The fourth-order valence-electron chi connectivity index (χ4n) is 1.58. The molecule has 1 aromatic rings. The summed E-state index contributed by atoms with van der Waals surface area (Å²) in [5.74, 6) is 2.54. The summed E-state index contributed by atoms with van der Waals surface area (Å²) >= 11 is 0. The minimum Gasteiger partial charge on any atom is -0.388 e. The monoisotopic (exact) mass is 188 g/mol. The van der Waals surface area contributed by atoms with Crippen LogP contribution in [0.25, 0.3) is 0 Å². The van der Waals surface area contributed by atoms with Gasteiger partial charge in [-0.05, 0) is 31.4 Å². The highest BCUT2D eigenvalue weighted by Gasteiger charge is 2.08. The molecule has 0 spiro atoms. The van der Waals surface area contributed by atoms with Crippen LogP contribution in [0.2, 0.25) is 0 Å². The average molecular weight is 188 g/mol. The molecule has 0 amide bonds. The molecular weight excluding hydrogens is 172 g/mol. The van der Waals surface area contributed by atoms with Crippen LogP contribution >= 0.6 is 0 Å². The molecule has 0 aliphatic carbocycles. The third-order valence-corrected chi connectivity index (χ3v) is 2.35. The number of aryl methyl sites for hydroxylation is 2. The molecule has 0 aromatic heterocycles. The minimum atomic E-state index is -0.424. The van der Waals surface area contributed by atoms with Crippen LogP contribution in [0.15, 0.2) is 18.2 Å². The van der Waals surface area contributed by atoms with Gasteiger partial charge in [-0.15, -0.1) is 12.3 Å². The number of terminal acetylenes is 1. The SMILES string of the molecule is C#CCCC(O)c1ccc(C)cc1C. The molecular formula is C13H16O. The van der Waals surface area contributed by atoms with E-state index in [0.717, 1.165) is 11.1 Å². The van der Waals surface area contributed by atoms with E-state index in [-0.39, 0.29) is 0 Å². The van der Waals surface area contributed by atoms with Crippen molar-refractivity contribution in [2.75, 3.05) is 0 Å². The van der Waals surface area contributed by atoms with Crippen LogP contribution in [0.3, 0.4) is 0 Å². The maximum Gasteiger partial charge on any atom is 0.0801 e. The van der Waals surface area contributed by atoms with Gasteiger partial charge in [0.2, 0.25) is 0 Å². The zero-order valence-corrected chi connectivity index (χ0v) is 8.75. The van der Waals surface area contributed by atoms with Crippen molar-refractivity contribution in [2.24, 2.45) is 0 Å². The van der Waals surface area contributed by atoms with Gasteiger partial charge in [-0.3, -0.25) is 0 Å². The van der Waals surface area contributed by atoms with E-state index in [1.165, 1.54) is 5.56 Å². The van der Waals surface area contributed by atoms with E-state index < -0.39 is 6.10 Å². The van der Waals surface area contributed by atoms with Crippen LogP contribution in [0.5, 0.6) is 0 Å². The number of benzene rings is 1. The summed E-state index contributed by atoms with van der Waals surface area (Å²) in [5.41, 5.74) is 3.34. The first kappa shape index (κ1) is 10.8. The fraction of sp³-hybridized carbons (Fsp3) is 0.385. The van der Waals surface area contributed by atoms with Crippen LogP contribution in [-0.2, 0) is 0 Å². The molecule has 0 saturated heterocycles. The second-order valence-corrected chi connectivity index (χ2v) is 3.62. The van der Waals surface area contributed by atoms with Gasteiger partial charge < -0.3 is 5.11 Å². The lowest BCUT2D eigenvalue weighted by Crippen LogP contribution is -1.99. The van der Waals surface area contributed by atoms with Gasteiger partial charge in [-0.25, -0.2) is 0 Å². The number of hydrogen-bond donors (Lipinski definition) is 1. The Bertz CT molecular complexity index is 347. The van der Waals surface area contributed by atoms with Gasteiger partial charge in [0.25, 0.3) is 0 Å². The first-order valence-corrected chi connectivity index (χ1v) is 4.84. The number of hydrogen-bond acceptors (Lipinski definition) is 1. The van der Waals surface area contributed by atoms with Gasteiger partial charge >= 0.3 is 0 Å². The largest absolute Gasteiger partial charge is 0.388 e. The topological polar surface area (TPSA) is 20.2 Å². The normalized spacial score (nSPS) is 12.1. The lowest BCUT2D eigenvalue weighted by Gasteiger charge is -2.12. The third-order valence-electron chi connectivity index (χ3n) is 2.35. The highest BCUT2D eigenvalue weighted by atomic mass is 16.3. The fourth-order valence-corrected chi connectivity index (χ4v) is 1.58. The molecule has 1 N–H and O–H groups in total.